The first-order chi connectivity index (χ1) is 15.2. The van der Waals surface area contributed by atoms with Crippen LogP contribution in [0.4, 0.5) is 10.1 Å². The van der Waals surface area contributed by atoms with Crippen LogP contribution in [0.5, 0.6) is 0 Å². The zero-order valence-corrected chi connectivity index (χ0v) is 18.9. The number of halogens is 1. The summed E-state index contributed by atoms with van der Waals surface area (Å²) in [5.41, 5.74) is 3.69. The molecule has 0 saturated carbocycles. The number of hydrogen-bond donors (Lipinski definition) is 1. The summed E-state index contributed by atoms with van der Waals surface area (Å²) in [6, 6.07) is 8.52. The van der Waals surface area contributed by atoms with E-state index in [-0.39, 0.29) is 23.2 Å². The van der Waals surface area contributed by atoms with Crippen LogP contribution in [-0.2, 0) is 0 Å². The van der Waals surface area contributed by atoms with E-state index in [1.165, 1.54) is 17.0 Å². The quantitative estimate of drug-likeness (QED) is 0.673. The molecule has 8 heteroatoms. The lowest BCUT2D eigenvalue weighted by molar-refractivity contribution is 0.0791. The Balaban J connectivity index is 2.08. The number of rotatable bonds is 4. The fraction of sp³-hybridized carbons (Fsp3) is 0.375. The lowest BCUT2D eigenvalue weighted by Crippen LogP contribution is -2.42. The first-order valence-corrected chi connectivity index (χ1v) is 10.5. The van der Waals surface area contributed by atoms with Gasteiger partial charge in [-0.3, -0.25) is 4.79 Å². The molecular formula is C24H26FN5O2. The van der Waals surface area contributed by atoms with Crippen molar-refractivity contribution < 1.29 is 13.6 Å². The smallest absolute Gasteiger partial charge is 0.309 e. The predicted octanol–water partition coefficient (Wildman–Crippen LogP) is 3.70. The van der Waals surface area contributed by atoms with E-state index in [1.807, 2.05) is 20.0 Å². The highest BCUT2D eigenvalue weighted by atomic mass is 19.1. The fourth-order valence-electron chi connectivity index (χ4n) is 4.32. The molecule has 7 nitrogen and oxygen atoms in total. The summed E-state index contributed by atoms with van der Waals surface area (Å²) in [5.74, 6) is -0.828. The molecule has 0 aliphatic carbocycles. The van der Waals surface area contributed by atoms with E-state index in [1.54, 1.807) is 20.2 Å². The molecule has 4 rings (SSSR count). The van der Waals surface area contributed by atoms with E-state index < -0.39 is 0 Å². The van der Waals surface area contributed by atoms with Crippen molar-refractivity contribution in [3.63, 3.8) is 0 Å². The Labute approximate surface area is 186 Å². The molecule has 2 heterocycles. The summed E-state index contributed by atoms with van der Waals surface area (Å²) in [4.78, 5) is 20.6. The molecule has 32 heavy (non-hydrogen) atoms. The SMILES string of the molecule is CN[C@@]1(C)CCN(c2c(-c3cccc(F)c3)c(C)c(C#N)c3nc(C(=O)N(C)C)oc23)C1. The minimum absolute atomic E-state index is 0.0749. The molecule has 2 aromatic carbocycles. The highest BCUT2D eigenvalue weighted by molar-refractivity contribution is 6.04. The third-order valence-corrected chi connectivity index (χ3v) is 6.27. The average molecular weight is 436 g/mol. The minimum atomic E-state index is -0.387. The van der Waals surface area contributed by atoms with Gasteiger partial charge in [0.15, 0.2) is 5.58 Å². The first-order valence-electron chi connectivity index (χ1n) is 10.5. The number of likely N-dealkylation sites (N-methyl/N-ethyl adjacent to an activating group) is 1. The Bertz CT molecular complexity index is 1260. The van der Waals surface area contributed by atoms with Gasteiger partial charge in [-0.1, -0.05) is 12.1 Å². The fourth-order valence-corrected chi connectivity index (χ4v) is 4.32. The molecule has 3 aromatic rings. The summed E-state index contributed by atoms with van der Waals surface area (Å²) in [6.07, 6.45) is 0.893. The zero-order valence-electron chi connectivity index (χ0n) is 18.9. The molecule has 0 unspecified atom stereocenters. The number of carbonyl (C=O) groups excluding carboxylic acids is 1. The molecule has 1 N–H and O–H groups in total. The van der Waals surface area contributed by atoms with E-state index in [0.29, 0.717) is 39.9 Å². The summed E-state index contributed by atoms with van der Waals surface area (Å²) >= 11 is 0. The highest BCUT2D eigenvalue weighted by Gasteiger charge is 2.36. The van der Waals surface area contributed by atoms with E-state index in [4.69, 9.17) is 4.42 Å². The van der Waals surface area contributed by atoms with Crippen LogP contribution in [0.25, 0.3) is 22.2 Å². The number of carbonyl (C=O) groups is 1. The van der Waals surface area contributed by atoms with Crippen molar-refractivity contribution in [3.8, 4) is 17.2 Å². The standard InChI is InChI=1S/C24H26FN5O2/c1-14-17(12-26)19-21(32-22(28-19)23(31)29(4)5)20(30-10-9-24(2,13-30)27-3)18(14)15-7-6-8-16(25)11-15/h6-8,11,27H,9-10,13H2,1-5H3/t24-/m0/s1. The number of oxazole rings is 1. The van der Waals surface area contributed by atoms with Crippen LogP contribution in [-0.4, -0.2) is 55.6 Å². The summed E-state index contributed by atoms with van der Waals surface area (Å²) in [5, 5.41) is 13.3. The van der Waals surface area contributed by atoms with Gasteiger partial charge in [0.25, 0.3) is 5.89 Å². The van der Waals surface area contributed by atoms with Gasteiger partial charge in [-0.05, 0) is 50.6 Å². The molecule has 1 aliphatic rings. The van der Waals surface area contributed by atoms with Crippen molar-refractivity contribution in [1.82, 2.24) is 15.2 Å². The maximum absolute atomic E-state index is 14.2. The van der Waals surface area contributed by atoms with Gasteiger partial charge >= 0.3 is 5.91 Å². The number of amides is 1. The van der Waals surface area contributed by atoms with Crippen molar-refractivity contribution >= 4 is 22.7 Å². The molecule has 1 saturated heterocycles. The number of benzene rings is 2. The van der Waals surface area contributed by atoms with E-state index >= 15 is 0 Å². The van der Waals surface area contributed by atoms with Gasteiger partial charge in [-0.15, -0.1) is 0 Å². The summed E-state index contributed by atoms with van der Waals surface area (Å²) in [7, 11) is 5.16. The molecule has 1 aromatic heterocycles. The lowest BCUT2D eigenvalue weighted by atomic mass is 9.93. The Hall–Kier alpha value is -3.44. The van der Waals surface area contributed by atoms with Crippen LogP contribution in [0.3, 0.4) is 0 Å². The molecule has 1 amide bonds. The third-order valence-electron chi connectivity index (χ3n) is 6.27. The van der Waals surface area contributed by atoms with Gasteiger partial charge in [0.2, 0.25) is 0 Å². The van der Waals surface area contributed by atoms with Crippen LogP contribution in [0.2, 0.25) is 0 Å². The average Bonchev–Trinajstić information content (AvgIpc) is 3.37. The molecule has 166 valence electrons. The van der Waals surface area contributed by atoms with Crippen molar-refractivity contribution in [2.75, 3.05) is 39.1 Å². The minimum Gasteiger partial charge on any atom is -0.430 e. The molecular weight excluding hydrogens is 409 g/mol. The maximum atomic E-state index is 14.2. The van der Waals surface area contributed by atoms with Gasteiger partial charge in [0.05, 0.1) is 11.3 Å². The number of fused-ring (bicyclic) bond motifs is 1. The molecule has 1 fully saturated rings. The normalized spacial score (nSPS) is 18.2. The van der Waals surface area contributed by atoms with Gasteiger partial charge in [-0.25, -0.2) is 9.37 Å². The second-order valence-corrected chi connectivity index (χ2v) is 8.72. The largest absolute Gasteiger partial charge is 0.430 e. The van der Waals surface area contributed by atoms with Gasteiger partial charge in [-0.2, -0.15) is 5.26 Å². The first kappa shape index (κ1) is 21.8. The van der Waals surface area contributed by atoms with Crippen molar-refractivity contribution in [2.24, 2.45) is 0 Å². The Kier molecular flexibility index (Phi) is 5.39. The number of nitrogens with one attached hydrogen (secondary N) is 1. The van der Waals surface area contributed by atoms with Gasteiger partial charge < -0.3 is 19.5 Å². The molecule has 0 bridgehead atoms. The Morgan fingerprint density at radius 1 is 1.41 bits per heavy atom. The second-order valence-electron chi connectivity index (χ2n) is 8.72. The van der Waals surface area contributed by atoms with Crippen molar-refractivity contribution in [1.29, 1.82) is 5.26 Å². The topological polar surface area (TPSA) is 85.4 Å². The number of aromatic nitrogens is 1. The van der Waals surface area contributed by atoms with Crippen molar-refractivity contribution in [2.45, 2.75) is 25.8 Å². The van der Waals surface area contributed by atoms with Crippen LogP contribution in [0.15, 0.2) is 28.7 Å². The highest BCUT2D eigenvalue weighted by Crippen LogP contribution is 2.44. The van der Waals surface area contributed by atoms with Crippen LogP contribution < -0.4 is 10.2 Å². The Morgan fingerprint density at radius 3 is 2.75 bits per heavy atom. The zero-order chi connectivity index (χ0) is 23.2. The monoisotopic (exact) mass is 435 g/mol. The number of nitriles is 1. The van der Waals surface area contributed by atoms with E-state index in [0.717, 1.165) is 18.7 Å². The molecule has 1 aliphatic heterocycles. The Morgan fingerprint density at radius 2 is 2.16 bits per heavy atom. The van der Waals surface area contributed by atoms with Gasteiger partial charge in [0, 0.05) is 38.3 Å². The van der Waals surface area contributed by atoms with E-state index in [9.17, 15) is 14.4 Å². The third kappa shape index (κ3) is 3.49. The van der Waals surface area contributed by atoms with Gasteiger partial charge in [0.1, 0.15) is 17.4 Å². The second kappa shape index (κ2) is 7.92. The number of nitrogens with zero attached hydrogens (tertiary/aromatic N) is 4. The van der Waals surface area contributed by atoms with E-state index in [2.05, 4.69) is 28.2 Å². The molecule has 0 radical (unpaired) electrons. The summed E-state index contributed by atoms with van der Waals surface area (Å²) in [6.45, 7) is 5.39. The van der Waals surface area contributed by atoms with Crippen molar-refractivity contribution in [3.05, 3.63) is 47.1 Å². The van der Waals surface area contributed by atoms with Crippen LogP contribution in [0, 0.1) is 24.1 Å². The molecule has 0 spiro atoms. The maximum Gasteiger partial charge on any atom is 0.309 e. The number of anilines is 1. The van der Waals surface area contributed by atoms with Crippen LogP contribution in [0.1, 0.15) is 35.2 Å². The predicted molar refractivity (Wildman–Crippen MR) is 121 cm³/mol. The summed E-state index contributed by atoms with van der Waals surface area (Å²) < 4.78 is 20.2. The lowest BCUT2D eigenvalue weighted by Gasteiger charge is -2.27. The number of hydrogen-bond acceptors (Lipinski definition) is 6. The molecule has 1 atom stereocenters. The van der Waals surface area contributed by atoms with Crippen LogP contribution >= 0.6 is 0 Å².